The minimum Gasteiger partial charge on any atom is -0.242 e. The van der Waals surface area contributed by atoms with E-state index in [0.717, 1.165) is 98.9 Å². The topological polar surface area (TPSA) is 25.8 Å². The van der Waals surface area contributed by atoms with Gasteiger partial charge in [0.05, 0.1) is 21.1 Å². The monoisotopic (exact) mass is 948 g/mol. The van der Waals surface area contributed by atoms with Crippen molar-refractivity contribution in [1.29, 1.82) is 0 Å². The molecule has 12 aromatic rings. The summed E-state index contributed by atoms with van der Waals surface area (Å²) in [4.78, 5) is 13.5. The molecule has 2 aromatic heterocycles. The van der Waals surface area contributed by atoms with Crippen molar-refractivity contribution in [2.45, 2.75) is 0 Å². The van der Waals surface area contributed by atoms with Crippen LogP contribution in [0.2, 0.25) is 0 Å². The highest BCUT2D eigenvalue weighted by Gasteiger charge is 2.24. The smallest absolute Gasteiger partial charge is 0.109 e. The number of nitrogens with zero attached hydrogens (tertiary/aromatic N) is 2. The highest BCUT2D eigenvalue weighted by Crippen LogP contribution is 2.47. The van der Waals surface area contributed by atoms with Crippen LogP contribution < -0.4 is 0 Å². The normalized spacial score (nSPS) is 11.0. The van der Waals surface area contributed by atoms with Crippen molar-refractivity contribution in [3.63, 3.8) is 0 Å². The predicted molar refractivity (Wildman–Crippen MR) is 308 cm³/mol. The lowest BCUT2D eigenvalue weighted by Crippen LogP contribution is -1.97. The third-order valence-corrected chi connectivity index (χ3v) is 14.6. The molecule has 2 heterocycles. The van der Waals surface area contributed by atoms with Crippen LogP contribution in [0.15, 0.2) is 291 Å². The van der Waals surface area contributed by atoms with Gasteiger partial charge in [0.25, 0.3) is 0 Å². The number of rotatable bonds is 12. The van der Waals surface area contributed by atoms with Gasteiger partial charge in [0, 0.05) is 11.1 Å². The molecule has 0 radical (unpaired) electrons. The third-order valence-electron chi connectivity index (χ3n) is 13.4. The van der Waals surface area contributed by atoms with E-state index in [0.29, 0.717) is 0 Å². The maximum Gasteiger partial charge on any atom is 0.109 e. The van der Waals surface area contributed by atoms with E-state index in [1.807, 2.05) is 0 Å². The molecule has 0 aliphatic heterocycles. The van der Waals surface area contributed by atoms with Crippen molar-refractivity contribution in [3.8, 4) is 43.4 Å². The molecule has 12 rings (SSSR count). The van der Waals surface area contributed by atoms with E-state index in [2.05, 4.69) is 291 Å². The first-order valence-corrected chi connectivity index (χ1v) is 25.5. The van der Waals surface area contributed by atoms with Gasteiger partial charge in [-0.1, -0.05) is 291 Å². The molecule has 73 heavy (non-hydrogen) atoms. The molecule has 0 aliphatic rings. The van der Waals surface area contributed by atoms with E-state index < -0.39 is 0 Å². The molecule has 0 saturated heterocycles. The zero-order chi connectivity index (χ0) is 48.8. The Labute approximate surface area is 431 Å². The predicted octanol–water partition coefficient (Wildman–Crippen LogP) is 18.4. The summed E-state index contributed by atoms with van der Waals surface area (Å²) >= 11 is 1.76. The Kier molecular flexibility index (Phi) is 12.7. The summed E-state index contributed by atoms with van der Waals surface area (Å²) in [6.45, 7) is 0. The summed E-state index contributed by atoms with van der Waals surface area (Å²) < 4.78 is 0. The summed E-state index contributed by atoms with van der Waals surface area (Å²) in [5.74, 6) is 0. The second-order valence-electron chi connectivity index (χ2n) is 18.0. The molecule has 0 saturated carbocycles. The number of thiophene rings is 1. The first-order valence-electron chi connectivity index (χ1n) is 24.7. The molecule has 0 N–H and O–H groups in total. The van der Waals surface area contributed by atoms with Gasteiger partial charge in [-0.2, -0.15) is 0 Å². The van der Waals surface area contributed by atoms with Crippen molar-refractivity contribution in [2.75, 3.05) is 0 Å². The zero-order valence-corrected chi connectivity index (χ0v) is 40.8. The minimum atomic E-state index is 0.855. The summed E-state index contributed by atoms with van der Waals surface area (Å²) in [6.07, 6.45) is 0. The zero-order valence-electron chi connectivity index (χ0n) is 40.0. The molecular formula is C70H48N2S. The molecule has 0 bridgehead atoms. The first kappa shape index (κ1) is 44.9. The lowest BCUT2D eigenvalue weighted by Gasteiger charge is -2.18. The van der Waals surface area contributed by atoms with Crippen molar-refractivity contribution in [3.05, 3.63) is 336 Å². The quantitative estimate of drug-likeness (QED) is 0.114. The van der Waals surface area contributed by atoms with Gasteiger partial charge in [-0.25, -0.2) is 9.97 Å². The Morgan fingerprint density at radius 1 is 0.205 bits per heavy atom. The van der Waals surface area contributed by atoms with Gasteiger partial charge in [-0.05, 0) is 77.9 Å². The summed E-state index contributed by atoms with van der Waals surface area (Å²) in [5, 5.41) is 0. The van der Waals surface area contributed by atoms with Crippen molar-refractivity contribution < 1.29 is 0 Å². The van der Waals surface area contributed by atoms with E-state index in [9.17, 15) is 0 Å². The molecule has 0 fully saturated rings. The fourth-order valence-electron chi connectivity index (χ4n) is 9.96. The first-order chi connectivity index (χ1) is 36.2. The number of hydrogen-bond donors (Lipinski definition) is 0. The number of fused-ring (bicyclic) bond motifs is 1. The minimum absolute atomic E-state index is 0.855. The molecule has 0 unspecified atom stereocenters. The van der Waals surface area contributed by atoms with Gasteiger partial charge in [0.1, 0.15) is 11.0 Å². The molecule has 344 valence electrons. The maximum absolute atomic E-state index is 5.66. The molecule has 2 nitrogen and oxygen atoms in total. The van der Waals surface area contributed by atoms with E-state index in [-0.39, 0.29) is 0 Å². The van der Waals surface area contributed by atoms with Crippen LogP contribution in [0, 0.1) is 0 Å². The summed E-state index contributed by atoms with van der Waals surface area (Å²) in [6, 6.07) is 104. The molecule has 10 aromatic carbocycles. The van der Waals surface area contributed by atoms with Gasteiger partial charge in [-0.15, -0.1) is 11.3 Å². The van der Waals surface area contributed by atoms with Gasteiger partial charge in [0.15, 0.2) is 0 Å². The van der Waals surface area contributed by atoms with Crippen molar-refractivity contribution in [2.24, 2.45) is 0 Å². The van der Waals surface area contributed by atoms with Crippen molar-refractivity contribution in [1.82, 2.24) is 9.97 Å². The lowest BCUT2D eigenvalue weighted by molar-refractivity contribution is 1.30. The van der Waals surface area contributed by atoms with Crippen LogP contribution in [0.25, 0.3) is 76.7 Å². The van der Waals surface area contributed by atoms with Gasteiger partial charge < -0.3 is 0 Å². The SMILES string of the molecule is c1ccc(C(=C(c2ccccc2)c2ccc(-c3sc(-c4ccc(C(=C(c5ccccc5)c5ccccc5)c5ccccc5)cc4)c4nc(-c5ccccc5)c(-c5ccccc5)nc34)cc2)c2ccccc2)cc1. The van der Waals surface area contributed by atoms with Crippen LogP contribution >= 0.6 is 11.3 Å². The molecule has 0 spiro atoms. The average Bonchev–Trinajstić information content (AvgIpc) is 3.86. The lowest BCUT2D eigenvalue weighted by atomic mass is 9.85. The largest absolute Gasteiger partial charge is 0.242 e. The second-order valence-corrected chi connectivity index (χ2v) is 19.0. The van der Waals surface area contributed by atoms with Crippen molar-refractivity contribution >= 4 is 44.7 Å². The van der Waals surface area contributed by atoms with Crippen LogP contribution in [0.4, 0.5) is 0 Å². The maximum atomic E-state index is 5.66. The molecule has 0 aliphatic carbocycles. The molecule has 0 amide bonds. The Balaban J connectivity index is 1.06. The van der Waals surface area contributed by atoms with Crippen LogP contribution in [-0.2, 0) is 0 Å². The standard InChI is InChI=1S/C70H48N2S/c1-9-25-49(26-10-1)61(50-27-11-2-12-28-50)63(53-33-17-5-18-34-53)55-41-45-59(46-42-55)69-67-68(72-66(58-39-23-8-24-40-58)65(71-67)57-37-21-7-22-38-57)70(73-69)60-47-43-56(44-48-60)64(54-35-19-6-20-36-54)62(51-29-13-3-14-30-51)52-31-15-4-16-32-52/h1-48H. The highest BCUT2D eigenvalue weighted by molar-refractivity contribution is 7.20. The van der Waals surface area contributed by atoms with Crippen LogP contribution in [-0.4, -0.2) is 9.97 Å². The third kappa shape index (κ3) is 9.18. The van der Waals surface area contributed by atoms with Crippen LogP contribution in [0.5, 0.6) is 0 Å². The summed E-state index contributed by atoms with van der Waals surface area (Å²) in [7, 11) is 0. The Morgan fingerprint density at radius 2 is 0.411 bits per heavy atom. The van der Waals surface area contributed by atoms with E-state index in [1.165, 1.54) is 22.3 Å². The van der Waals surface area contributed by atoms with E-state index >= 15 is 0 Å². The molecular weight excluding hydrogens is 901 g/mol. The fourth-order valence-corrected chi connectivity index (χ4v) is 11.2. The summed E-state index contributed by atoms with van der Waals surface area (Å²) in [5.41, 5.74) is 21.6. The average molecular weight is 949 g/mol. The second kappa shape index (κ2) is 20.6. The Morgan fingerprint density at radius 3 is 0.644 bits per heavy atom. The molecule has 0 atom stereocenters. The number of benzene rings is 10. The number of hydrogen-bond acceptors (Lipinski definition) is 3. The van der Waals surface area contributed by atoms with E-state index in [1.54, 1.807) is 11.3 Å². The fraction of sp³-hybridized carbons (Fsp3) is 0. The van der Waals surface area contributed by atoms with Gasteiger partial charge in [0.2, 0.25) is 0 Å². The van der Waals surface area contributed by atoms with Gasteiger partial charge in [-0.3, -0.25) is 0 Å². The molecule has 3 heteroatoms. The van der Waals surface area contributed by atoms with E-state index in [4.69, 9.17) is 9.97 Å². The highest BCUT2D eigenvalue weighted by atomic mass is 32.1. The van der Waals surface area contributed by atoms with Crippen LogP contribution in [0.1, 0.15) is 44.5 Å². The van der Waals surface area contributed by atoms with Crippen LogP contribution in [0.3, 0.4) is 0 Å². The number of aromatic nitrogens is 2. The van der Waals surface area contributed by atoms with Gasteiger partial charge >= 0.3 is 0 Å². The Bertz CT molecular complexity index is 3510. The Hall–Kier alpha value is -9.28.